The molecule has 31 heavy (non-hydrogen) atoms. The normalized spacial score (nSPS) is 21.1. The van der Waals surface area contributed by atoms with Gasteiger partial charge in [-0.25, -0.2) is 13.1 Å². The third kappa shape index (κ3) is 6.52. The first kappa shape index (κ1) is 23.7. The van der Waals surface area contributed by atoms with Crippen LogP contribution in [0.2, 0.25) is 10.0 Å². The molecule has 10 heteroatoms. The van der Waals surface area contributed by atoms with Crippen LogP contribution in [0.25, 0.3) is 0 Å². The predicted molar refractivity (Wildman–Crippen MR) is 118 cm³/mol. The van der Waals surface area contributed by atoms with Crippen LogP contribution >= 0.6 is 23.2 Å². The molecule has 0 radical (unpaired) electrons. The molecule has 2 aromatic rings. The molecule has 0 spiro atoms. The van der Waals surface area contributed by atoms with Gasteiger partial charge in [0.25, 0.3) is 0 Å². The lowest BCUT2D eigenvalue weighted by atomic mass is 10.1. The first-order valence-corrected chi connectivity index (χ1v) is 11.7. The summed E-state index contributed by atoms with van der Waals surface area (Å²) >= 11 is 11.8. The van der Waals surface area contributed by atoms with Crippen LogP contribution < -0.4 is 10.0 Å². The van der Waals surface area contributed by atoms with E-state index in [1.165, 1.54) is 12.1 Å². The Hall–Kier alpha value is -1.94. The molecule has 166 valence electrons. The molecular weight excluding hydrogens is 463 g/mol. The molecule has 3 atom stereocenters. The summed E-state index contributed by atoms with van der Waals surface area (Å²) in [5, 5.41) is 13.3. The minimum absolute atomic E-state index is 0.0203. The summed E-state index contributed by atoms with van der Waals surface area (Å²) < 4.78 is 33.3. The topological polar surface area (TPSA) is 105 Å². The highest BCUT2D eigenvalue weighted by molar-refractivity contribution is 7.89. The smallest absolute Gasteiger partial charge is 0.241 e. The van der Waals surface area contributed by atoms with Crippen molar-refractivity contribution in [1.29, 1.82) is 0 Å². The molecule has 0 bridgehead atoms. The quantitative estimate of drug-likeness (QED) is 0.499. The van der Waals surface area contributed by atoms with Crippen LogP contribution in [0, 0.1) is 0 Å². The van der Waals surface area contributed by atoms with Crippen LogP contribution in [-0.4, -0.2) is 44.3 Å². The van der Waals surface area contributed by atoms with Gasteiger partial charge < -0.3 is 15.2 Å². The van der Waals surface area contributed by atoms with Gasteiger partial charge in [-0.3, -0.25) is 4.79 Å². The number of nitrogens with one attached hydrogen (secondary N) is 2. The maximum atomic E-state index is 12.5. The highest BCUT2D eigenvalue weighted by Crippen LogP contribution is 2.22. The average Bonchev–Trinajstić information content (AvgIpc) is 2.76. The summed E-state index contributed by atoms with van der Waals surface area (Å²) in [7, 11) is -3.78. The van der Waals surface area contributed by atoms with E-state index >= 15 is 0 Å². The minimum Gasteiger partial charge on any atom is -0.394 e. The van der Waals surface area contributed by atoms with Crippen LogP contribution in [0.15, 0.2) is 65.6 Å². The number of hydrogen-bond donors (Lipinski definition) is 3. The molecule has 3 N–H and O–H groups in total. The lowest BCUT2D eigenvalue weighted by Crippen LogP contribution is -2.48. The van der Waals surface area contributed by atoms with Crippen molar-refractivity contribution in [1.82, 2.24) is 10.0 Å². The minimum atomic E-state index is -3.78. The van der Waals surface area contributed by atoms with Gasteiger partial charge in [-0.15, -0.1) is 0 Å². The van der Waals surface area contributed by atoms with E-state index in [4.69, 9.17) is 27.9 Å². The summed E-state index contributed by atoms with van der Waals surface area (Å²) in [5.74, 6) is -0.263. The fourth-order valence-electron chi connectivity index (χ4n) is 3.06. The SMILES string of the molecule is O=C(C[C@H]1C=C[C@H](NS(=O)(=O)c2ccccc2)[C@@H](CO)O1)NCc1ccc(Cl)c(Cl)c1. The average molecular weight is 485 g/mol. The number of ether oxygens (including phenoxy) is 1. The number of sulfonamides is 1. The summed E-state index contributed by atoms with van der Waals surface area (Å²) in [6.07, 6.45) is 1.82. The number of aliphatic hydroxyl groups is 1. The van der Waals surface area contributed by atoms with Gasteiger partial charge in [0.2, 0.25) is 15.9 Å². The zero-order valence-electron chi connectivity index (χ0n) is 16.4. The third-order valence-corrected chi connectivity index (χ3v) is 6.88. The molecule has 0 aliphatic carbocycles. The van der Waals surface area contributed by atoms with Crippen molar-refractivity contribution in [3.63, 3.8) is 0 Å². The standard InChI is InChI=1S/C21H22Cl2N2O5S/c22-17-8-6-14(10-18(17)23)12-24-21(27)11-15-7-9-19(20(13-26)30-15)25-31(28,29)16-4-2-1-3-5-16/h1-10,15,19-20,25-26H,11-13H2,(H,24,27)/t15-,19+,20-/m1/s1. The van der Waals surface area contributed by atoms with Crippen molar-refractivity contribution >= 4 is 39.1 Å². The Bertz CT molecular complexity index is 1050. The molecule has 2 aromatic carbocycles. The summed E-state index contributed by atoms with van der Waals surface area (Å²) in [4.78, 5) is 12.4. The zero-order chi connectivity index (χ0) is 22.4. The first-order valence-electron chi connectivity index (χ1n) is 9.51. The van der Waals surface area contributed by atoms with Crippen molar-refractivity contribution in [2.75, 3.05) is 6.61 Å². The Kier molecular flexibility index (Phi) is 8.10. The van der Waals surface area contributed by atoms with Gasteiger partial charge in [-0.1, -0.05) is 59.6 Å². The number of benzene rings is 2. The number of carbonyl (C=O) groups excluding carboxylic acids is 1. The van der Waals surface area contributed by atoms with E-state index in [0.29, 0.717) is 10.0 Å². The second-order valence-corrected chi connectivity index (χ2v) is 9.50. The Labute approximate surface area is 191 Å². The number of halogens is 2. The molecule has 1 heterocycles. The summed E-state index contributed by atoms with van der Waals surface area (Å²) in [6, 6.07) is 12.2. The van der Waals surface area contributed by atoms with E-state index < -0.39 is 34.9 Å². The van der Waals surface area contributed by atoms with E-state index in [9.17, 15) is 18.3 Å². The van der Waals surface area contributed by atoms with Crippen LogP contribution in [0.1, 0.15) is 12.0 Å². The molecule has 0 aromatic heterocycles. The molecular formula is C21H22Cl2N2O5S. The van der Waals surface area contributed by atoms with Gasteiger partial charge in [0.1, 0.15) is 6.10 Å². The van der Waals surface area contributed by atoms with Gasteiger partial charge in [-0.2, -0.15) is 0 Å². The first-order chi connectivity index (χ1) is 14.8. The summed E-state index contributed by atoms with van der Waals surface area (Å²) in [6.45, 7) is -0.136. The lowest BCUT2D eigenvalue weighted by Gasteiger charge is -2.31. The van der Waals surface area contributed by atoms with Crippen molar-refractivity contribution in [3.05, 3.63) is 76.3 Å². The van der Waals surface area contributed by atoms with E-state index in [0.717, 1.165) is 5.56 Å². The second kappa shape index (κ2) is 10.6. The highest BCUT2D eigenvalue weighted by Gasteiger charge is 2.31. The monoisotopic (exact) mass is 484 g/mol. The van der Waals surface area contributed by atoms with Crippen molar-refractivity contribution < 1.29 is 23.1 Å². The predicted octanol–water partition coefficient (Wildman–Crippen LogP) is 2.66. The van der Waals surface area contributed by atoms with Gasteiger partial charge in [0.05, 0.1) is 40.1 Å². The Morgan fingerprint density at radius 3 is 2.48 bits per heavy atom. The molecule has 1 aliphatic rings. The van der Waals surface area contributed by atoms with Gasteiger partial charge >= 0.3 is 0 Å². The maximum Gasteiger partial charge on any atom is 0.241 e. The molecule has 1 amide bonds. The van der Waals surface area contributed by atoms with Gasteiger partial charge in [0.15, 0.2) is 0 Å². The summed E-state index contributed by atoms with van der Waals surface area (Å²) in [5.41, 5.74) is 0.798. The molecule has 1 aliphatic heterocycles. The molecule has 7 nitrogen and oxygen atoms in total. The third-order valence-electron chi connectivity index (χ3n) is 4.67. The molecule has 0 unspecified atom stereocenters. The van der Waals surface area contributed by atoms with E-state index in [2.05, 4.69) is 10.0 Å². The Morgan fingerprint density at radius 1 is 1.06 bits per heavy atom. The van der Waals surface area contributed by atoms with Gasteiger partial charge in [-0.05, 0) is 29.8 Å². The van der Waals surface area contributed by atoms with Gasteiger partial charge in [0, 0.05) is 6.54 Å². The van der Waals surface area contributed by atoms with Crippen LogP contribution in [0.5, 0.6) is 0 Å². The largest absolute Gasteiger partial charge is 0.394 e. The van der Waals surface area contributed by atoms with E-state index in [1.807, 2.05) is 0 Å². The number of rotatable bonds is 8. The molecule has 0 saturated heterocycles. The van der Waals surface area contributed by atoms with E-state index in [-0.39, 0.29) is 23.8 Å². The second-order valence-electron chi connectivity index (χ2n) is 6.97. The van der Waals surface area contributed by atoms with E-state index in [1.54, 1.807) is 48.6 Å². The Morgan fingerprint density at radius 2 is 1.81 bits per heavy atom. The Balaban J connectivity index is 1.57. The molecule has 3 rings (SSSR count). The maximum absolute atomic E-state index is 12.5. The molecule has 0 fully saturated rings. The number of carbonyl (C=O) groups is 1. The zero-order valence-corrected chi connectivity index (χ0v) is 18.7. The number of hydrogen-bond acceptors (Lipinski definition) is 5. The lowest BCUT2D eigenvalue weighted by molar-refractivity contribution is -0.125. The molecule has 0 saturated carbocycles. The number of aliphatic hydroxyl groups excluding tert-OH is 1. The van der Waals surface area contributed by atoms with Crippen molar-refractivity contribution in [3.8, 4) is 0 Å². The fraction of sp³-hybridized carbons (Fsp3) is 0.286. The van der Waals surface area contributed by atoms with Crippen molar-refractivity contribution in [2.45, 2.75) is 36.1 Å². The van der Waals surface area contributed by atoms with Crippen molar-refractivity contribution in [2.24, 2.45) is 0 Å². The highest BCUT2D eigenvalue weighted by atomic mass is 35.5. The van der Waals surface area contributed by atoms with Crippen LogP contribution in [-0.2, 0) is 26.1 Å². The van der Waals surface area contributed by atoms with Crippen LogP contribution in [0.4, 0.5) is 0 Å². The fourth-order valence-corrected chi connectivity index (χ4v) is 4.62. The van der Waals surface area contributed by atoms with Crippen LogP contribution in [0.3, 0.4) is 0 Å². The number of amides is 1.